The van der Waals surface area contributed by atoms with Gasteiger partial charge in [0.25, 0.3) is 5.56 Å². The standard InChI is InChI=1S/C9H12ClNO3S/c1-6(2)11-5-4-7(10)8(9(11)12)15(3,13)14/h4-6H,1-3H3. The van der Waals surface area contributed by atoms with Crippen molar-refractivity contribution in [3.05, 3.63) is 27.6 Å². The van der Waals surface area contributed by atoms with Crippen LogP contribution in [0.4, 0.5) is 0 Å². The number of pyridine rings is 1. The van der Waals surface area contributed by atoms with Gasteiger partial charge in [-0.3, -0.25) is 4.79 Å². The molecule has 0 aliphatic carbocycles. The van der Waals surface area contributed by atoms with Crippen molar-refractivity contribution in [1.29, 1.82) is 0 Å². The summed E-state index contributed by atoms with van der Waals surface area (Å²) in [6.45, 7) is 3.59. The number of hydrogen-bond donors (Lipinski definition) is 0. The van der Waals surface area contributed by atoms with Gasteiger partial charge in [0.05, 0.1) is 5.02 Å². The maximum absolute atomic E-state index is 11.8. The Bertz CT molecular complexity index is 531. The summed E-state index contributed by atoms with van der Waals surface area (Å²) in [5, 5.41) is -0.0283. The quantitative estimate of drug-likeness (QED) is 0.798. The minimum atomic E-state index is -3.59. The first-order valence-corrected chi connectivity index (χ1v) is 6.62. The molecule has 0 aliphatic heterocycles. The van der Waals surface area contributed by atoms with Gasteiger partial charge in [0.2, 0.25) is 0 Å². The molecule has 15 heavy (non-hydrogen) atoms. The molecule has 4 nitrogen and oxygen atoms in total. The van der Waals surface area contributed by atoms with E-state index in [1.165, 1.54) is 16.8 Å². The molecule has 0 atom stereocenters. The largest absolute Gasteiger partial charge is 0.312 e. The van der Waals surface area contributed by atoms with Crippen molar-refractivity contribution in [3.63, 3.8) is 0 Å². The Morgan fingerprint density at radius 2 is 1.93 bits per heavy atom. The van der Waals surface area contributed by atoms with Gasteiger partial charge in [-0.05, 0) is 19.9 Å². The van der Waals surface area contributed by atoms with E-state index in [1.807, 2.05) is 0 Å². The summed E-state index contributed by atoms with van der Waals surface area (Å²) in [5.74, 6) is 0. The molecule has 1 rings (SSSR count). The Balaban J connectivity index is 3.67. The predicted molar refractivity (Wildman–Crippen MR) is 59.2 cm³/mol. The van der Waals surface area contributed by atoms with Gasteiger partial charge in [-0.2, -0.15) is 0 Å². The van der Waals surface area contributed by atoms with Crippen molar-refractivity contribution < 1.29 is 8.42 Å². The number of sulfone groups is 1. The molecule has 0 aliphatic rings. The second-order valence-electron chi connectivity index (χ2n) is 3.57. The van der Waals surface area contributed by atoms with Crippen LogP contribution < -0.4 is 5.56 Å². The van der Waals surface area contributed by atoms with Crippen LogP contribution in [0, 0.1) is 0 Å². The Labute approximate surface area is 93.4 Å². The predicted octanol–water partition coefficient (Wildman–Crippen LogP) is 1.49. The molecule has 0 bridgehead atoms. The van der Waals surface area contributed by atoms with E-state index in [-0.39, 0.29) is 16.0 Å². The lowest BCUT2D eigenvalue weighted by Crippen LogP contribution is -2.26. The SMILES string of the molecule is CC(C)n1ccc(Cl)c(S(C)(=O)=O)c1=O. The highest BCUT2D eigenvalue weighted by Crippen LogP contribution is 2.17. The van der Waals surface area contributed by atoms with Crippen LogP contribution in [-0.2, 0) is 9.84 Å². The van der Waals surface area contributed by atoms with Crippen molar-refractivity contribution in [3.8, 4) is 0 Å². The molecule has 0 amide bonds. The fourth-order valence-corrected chi connectivity index (χ4v) is 2.65. The lowest BCUT2D eigenvalue weighted by molar-refractivity contribution is 0.561. The average Bonchev–Trinajstić information content (AvgIpc) is 2.00. The lowest BCUT2D eigenvalue weighted by Gasteiger charge is -2.11. The number of nitrogens with zero attached hydrogens (tertiary/aromatic N) is 1. The number of aromatic nitrogens is 1. The van der Waals surface area contributed by atoms with Crippen LogP contribution >= 0.6 is 11.6 Å². The van der Waals surface area contributed by atoms with Crippen LogP contribution in [0.5, 0.6) is 0 Å². The van der Waals surface area contributed by atoms with E-state index < -0.39 is 15.4 Å². The highest BCUT2D eigenvalue weighted by Gasteiger charge is 2.19. The van der Waals surface area contributed by atoms with E-state index in [9.17, 15) is 13.2 Å². The summed E-state index contributed by atoms with van der Waals surface area (Å²) < 4.78 is 24.0. The summed E-state index contributed by atoms with van der Waals surface area (Å²) in [6, 6.07) is 1.31. The van der Waals surface area contributed by atoms with Crippen molar-refractivity contribution >= 4 is 21.4 Å². The molecular formula is C9H12ClNO3S. The molecule has 0 saturated carbocycles. The summed E-state index contributed by atoms with van der Waals surface area (Å²) in [7, 11) is -3.59. The van der Waals surface area contributed by atoms with Gasteiger partial charge in [0.15, 0.2) is 14.7 Å². The molecule has 1 heterocycles. The summed E-state index contributed by atoms with van der Waals surface area (Å²) in [6.07, 6.45) is 2.46. The lowest BCUT2D eigenvalue weighted by atomic mass is 10.3. The zero-order valence-electron chi connectivity index (χ0n) is 8.69. The molecule has 84 valence electrons. The highest BCUT2D eigenvalue weighted by atomic mass is 35.5. The first kappa shape index (κ1) is 12.3. The van der Waals surface area contributed by atoms with E-state index in [0.29, 0.717) is 0 Å². The topological polar surface area (TPSA) is 56.1 Å². The first-order valence-electron chi connectivity index (χ1n) is 4.36. The molecule has 0 aromatic carbocycles. The maximum Gasteiger partial charge on any atom is 0.271 e. The van der Waals surface area contributed by atoms with Gasteiger partial charge < -0.3 is 4.57 Å². The van der Waals surface area contributed by atoms with Crippen LogP contribution in [0.1, 0.15) is 19.9 Å². The van der Waals surface area contributed by atoms with E-state index >= 15 is 0 Å². The Kier molecular flexibility index (Phi) is 3.25. The Hall–Kier alpha value is -0.810. The zero-order valence-corrected chi connectivity index (χ0v) is 10.3. The second kappa shape index (κ2) is 3.98. The Morgan fingerprint density at radius 3 is 2.33 bits per heavy atom. The fourth-order valence-electron chi connectivity index (χ4n) is 1.25. The summed E-state index contributed by atoms with van der Waals surface area (Å²) in [4.78, 5) is 11.4. The van der Waals surface area contributed by atoms with E-state index in [4.69, 9.17) is 11.6 Å². The van der Waals surface area contributed by atoms with Crippen molar-refractivity contribution in [1.82, 2.24) is 4.57 Å². The first-order chi connectivity index (χ1) is 6.75. The van der Waals surface area contributed by atoms with E-state index in [2.05, 4.69) is 0 Å². The minimum Gasteiger partial charge on any atom is -0.312 e. The minimum absolute atomic E-state index is 0.0283. The smallest absolute Gasteiger partial charge is 0.271 e. The molecule has 1 aromatic heterocycles. The van der Waals surface area contributed by atoms with Crippen molar-refractivity contribution in [2.45, 2.75) is 24.8 Å². The molecular weight excluding hydrogens is 238 g/mol. The second-order valence-corrected chi connectivity index (χ2v) is 5.93. The van der Waals surface area contributed by atoms with Gasteiger partial charge in [0, 0.05) is 18.5 Å². The number of halogens is 1. The van der Waals surface area contributed by atoms with Crippen LogP contribution in [0.25, 0.3) is 0 Å². The Morgan fingerprint density at radius 1 is 1.40 bits per heavy atom. The monoisotopic (exact) mass is 249 g/mol. The number of hydrogen-bond acceptors (Lipinski definition) is 3. The third-order valence-electron chi connectivity index (χ3n) is 1.95. The van der Waals surface area contributed by atoms with Gasteiger partial charge in [-0.1, -0.05) is 11.6 Å². The molecule has 0 N–H and O–H groups in total. The maximum atomic E-state index is 11.8. The molecule has 0 unspecified atom stereocenters. The molecule has 6 heteroatoms. The molecule has 0 radical (unpaired) electrons. The van der Waals surface area contributed by atoms with Gasteiger partial charge in [0.1, 0.15) is 0 Å². The average molecular weight is 250 g/mol. The van der Waals surface area contributed by atoms with Gasteiger partial charge in [-0.25, -0.2) is 8.42 Å². The van der Waals surface area contributed by atoms with Gasteiger partial charge in [-0.15, -0.1) is 0 Å². The van der Waals surface area contributed by atoms with Gasteiger partial charge >= 0.3 is 0 Å². The number of rotatable bonds is 2. The summed E-state index contributed by atoms with van der Waals surface area (Å²) >= 11 is 5.70. The van der Waals surface area contributed by atoms with Crippen LogP contribution in [0.15, 0.2) is 22.0 Å². The molecule has 1 aromatic rings. The normalized spacial score (nSPS) is 12.1. The van der Waals surface area contributed by atoms with E-state index in [1.54, 1.807) is 13.8 Å². The fraction of sp³-hybridized carbons (Fsp3) is 0.444. The van der Waals surface area contributed by atoms with Crippen molar-refractivity contribution in [2.75, 3.05) is 6.26 Å². The van der Waals surface area contributed by atoms with Crippen LogP contribution in [-0.4, -0.2) is 19.2 Å². The molecule has 0 saturated heterocycles. The highest BCUT2D eigenvalue weighted by molar-refractivity contribution is 7.90. The third-order valence-corrected chi connectivity index (χ3v) is 3.52. The molecule has 0 fully saturated rings. The van der Waals surface area contributed by atoms with E-state index in [0.717, 1.165) is 6.26 Å². The van der Waals surface area contributed by atoms with Crippen molar-refractivity contribution in [2.24, 2.45) is 0 Å². The zero-order chi connectivity index (χ0) is 11.8. The molecule has 0 spiro atoms. The van der Waals surface area contributed by atoms with Crippen LogP contribution in [0.3, 0.4) is 0 Å². The third kappa shape index (κ3) is 2.41. The summed E-state index contributed by atoms with van der Waals surface area (Å²) in [5.41, 5.74) is -0.569. The van der Waals surface area contributed by atoms with Crippen LogP contribution in [0.2, 0.25) is 5.02 Å².